The minimum Gasteiger partial charge on any atom is -0.383 e. The number of sulfonamides is 1. The minimum absolute atomic E-state index is 0.138. The van der Waals surface area contributed by atoms with E-state index in [0.29, 0.717) is 11.1 Å². The zero-order chi connectivity index (χ0) is 13.8. The summed E-state index contributed by atoms with van der Waals surface area (Å²) >= 11 is 3.20. The maximum Gasteiger partial charge on any atom is 0.242 e. The molecule has 1 rings (SSSR count). The Morgan fingerprint density at radius 2 is 2.11 bits per heavy atom. The lowest BCUT2D eigenvalue weighted by Crippen LogP contribution is -2.41. The van der Waals surface area contributed by atoms with E-state index in [1.807, 2.05) is 13.8 Å². The van der Waals surface area contributed by atoms with E-state index < -0.39 is 10.0 Å². The average Bonchev–Trinajstić information content (AvgIpc) is 2.28. The molecule has 0 aromatic carbocycles. The van der Waals surface area contributed by atoms with Crippen LogP contribution in [0.3, 0.4) is 0 Å². The van der Waals surface area contributed by atoms with E-state index in [4.69, 9.17) is 4.74 Å². The monoisotopic (exact) mass is 336 g/mol. The van der Waals surface area contributed by atoms with Gasteiger partial charge in [0.2, 0.25) is 10.0 Å². The summed E-state index contributed by atoms with van der Waals surface area (Å²) in [6, 6.07) is 1.25. The van der Waals surface area contributed by atoms with Crippen molar-refractivity contribution in [2.75, 3.05) is 13.7 Å². The highest BCUT2D eigenvalue weighted by Crippen LogP contribution is 2.15. The van der Waals surface area contributed by atoms with Crippen LogP contribution in [0.4, 0.5) is 0 Å². The van der Waals surface area contributed by atoms with E-state index in [2.05, 4.69) is 25.6 Å². The third kappa shape index (κ3) is 4.31. The first kappa shape index (κ1) is 15.6. The number of hydrogen-bond acceptors (Lipinski definition) is 4. The molecule has 0 saturated heterocycles. The maximum atomic E-state index is 12.1. The van der Waals surface area contributed by atoms with Gasteiger partial charge < -0.3 is 4.74 Å². The molecule has 0 radical (unpaired) electrons. The lowest BCUT2D eigenvalue weighted by molar-refractivity contribution is 0.157. The number of aromatic nitrogens is 1. The Bertz CT molecular complexity index is 491. The van der Waals surface area contributed by atoms with Gasteiger partial charge in [0.15, 0.2) is 0 Å². The summed E-state index contributed by atoms with van der Waals surface area (Å²) in [5.41, 5.74) is 0. The van der Waals surface area contributed by atoms with Gasteiger partial charge in [-0.15, -0.1) is 0 Å². The molecule has 0 saturated carbocycles. The van der Waals surface area contributed by atoms with Gasteiger partial charge in [-0.25, -0.2) is 13.1 Å². The van der Waals surface area contributed by atoms with Crippen molar-refractivity contribution in [2.45, 2.75) is 24.8 Å². The summed E-state index contributed by atoms with van der Waals surface area (Å²) < 4.78 is 32.6. The van der Waals surface area contributed by atoms with E-state index >= 15 is 0 Å². The van der Waals surface area contributed by atoms with E-state index in [-0.39, 0.29) is 16.9 Å². The Balaban J connectivity index is 2.93. The molecule has 102 valence electrons. The Morgan fingerprint density at radius 1 is 1.44 bits per heavy atom. The largest absolute Gasteiger partial charge is 0.383 e. The van der Waals surface area contributed by atoms with Crippen LogP contribution in [-0.4, -0.2) is 33.2 Å². The molecule has 0 bridgehead atoms. The van der Waals surface area contributed by atoms with Crippen LogP contribution in [0.2, 0.25) is 0 Å². The first-order valence-corrected chi connectivity index (χ1v) is 7.76. The smallest absolute Gasteiger partial charge is 0.242 e. The number of halogens is 1. The molecule has 0 fully saturated rings. The molecular weight excluding hydrogens is 320 g/mol. The number of rotatable bonds is 6. The van der Waals surface area contributed by atoms with Gasteiger partial charge >= 0.3 is 0 Å². The highest BCUT2D eigenvalue weighted by atomic mass is 79.9. The van der Waals surface area contributed by atoms with E-state index in [9.17, 15) is 8.42 Å². The first-order valence-electron chi connectivity index (χ1n) is 5.48. The third-order valence-electron chi connectivity index (χ3n) is 2.45. The van der Waals surface area contributed by atoms with Crippen LogP contribution in [-0.2, 0) is 14.8 Å². The van der Waals surface area contributed by atoms with Crippen molar-refractivity contribution < 1.29 is 13.2 Å². The predicted molar refractivity (Wildman–Crippen MR) is 72.8 cm³/mol. The van der Waals surface area contributed by atoms with Crippen LogP contribution in [0.1, 0.15) is 13.8 Å². The molecule has 1 aromatic heterocycles. The topological polar surface area (TPSA) is 68.3 Å². The molecule has 1 unspecified atom stereocenters. The first-order chi connectivity index (χ1) is 8.36. The van der Waals surface area contributed by atoms with Gasteiger partial charge in [0.25, 0.3) is 0 Å². The highest BCUT2D eigenvalue weighted by Gasteiger charge is 2.22. The lowest BCUT2D eigenvalue weighted by atomic mass is 10.1. The number of methoxy groups -OCH3 is 1. The normalized spacial score (nSPS) is 13.8. The Morgan fingerprint density at radius 3 is 2.61 bits per heavy atom. The molecule has 0 aliphatic carbocycles. The molecule has 0 aliphatic heterocycles. The summed E-state index contributed by atoms with van der Waals surface area (Å²) in [5.74, 6) is 0.139. The molecular formula is C11H17BrN2O3S. The van der Waals surface area contributed by atoms with Gasteiger partial charge in [-0.2, -0.15) is 0 Å². The molecule has 7 heteroatoms. The van der Waals surface area contributed by atoms with Crippen molar-refractivity contribution in [3.8, 4) is 0 Å². The van der Waals surface area contributed by atoms with Crippen molar-refractivity contribution in [2.24, 2.45) is 5.92 Å². The molecule has 1 aromatic rings. The summed E-state index contributed by atoms with van der Waals surface area (Å²) in [7, 11) is -2.03. The number of hydrogen-bond donors (Lipinski definition) is 1. The van der Waals surface area contributed by atoms with Crippen molar-refractivity contribution in [3.05, 3.63) is 22.9 Å². The average molecular weight is 337 g/mol. The summed E-state index contributed by atoms with van der Waals surface area (Å²) in [4.78, 5) is 3.99. The number of nitrogens with one attached hydrogen (secondary N) is 1. The Labute approximate surface area is 116 Å². The quantitative estimate of drug-likeness (QED) is 0.859. The molecule has 1 atom stereocenters. The fraction of sp³-hybridized carbons (Fsp3) is 0.545. The van der Waals surface area contributed by atoms with Crippen molar-refractivity contribution in [1.29, 1.82) is 0 Å². The van der Waals surface area contributed by atoms with Crippen LogP contribution in [0, 0.1) is 5.92 Å². The molecule has 1 heterocycles. The second kappa shape index (κ2) is 6.60. The molecule has 1 N–H and O–H groups in total. The van der Waals surface area contributed by atoms with E-state index in [1.54, 1.807) is 7.11 Å². The number of pyridine rings is 1. The zero-order valence-corrected chi connectivity index (χ0v) is 13.0. The fourth-order valence-corrected chi connectivity index (χ4v) is 3.22. The standard InChI is InChI=1S/C11H17BrN2O3S/c1-8(2)11(7-17-3)14-18(15,16)10-4-9(12)5-13-6-10/h4-6,8,11,14H,7H2,1-3H3. The molecule has 18 heavy (non-hydrogen) atoms. The van der Waals surface area contributed by atoms with Crippen molar-refractivity contribution in [1.82, 2.24) is 9.71 Å². The number of nitrogens with zero attached hydrogens (tertiary/aromatic N) is 1. The van der Waals surface area contributed by atoms with Crippen LogP contribution in [0.25, 0.3) is 0 Å². The molecule has 0 aliphatic rings. The van der Waals surface area contributed by atoms with Crippen LogP contribution in [0.15, 0.2) is 27.8 Å². The van der Waals surface area contributed by atoms with Gasteiger partial charge in [-0.05, 0) is 27.9 Å². The van der Waals surface area contributed by atoms with Crippen LogP contribution >= 0.6 is 15.9 Å². The van der Waals surface area contributed by atoms with Crippen molar-refractivity contribution in [3.63, 3.8) is 0 Å². The maximum absolute atomic E-state index is 12.1. The van der Waals surface area contributed by atoms with Gasteiger partial charge in [0.1, 0.15) is 4.90 Å². The fourth-order valence-electron chi connectivity index (χ4n) is 1.35. The van der Waals surface area contributed by atoms with Crippen LogP contribution in [0.5, 0.6) is 0 Å². The summed E-state index contributed by atoms with van der Waals surface area (Å²) in [5, 5.41) is 0. The summed E-state index contributed by atoms with van der Waals surface area (Å²) in [6.07, 6.45) is 2.85. The summed E-state index contributed by atoms with van der Waals surface area (Å²) in [6.45, 7) is 4.20. The highest BCUT2D eigenvalue weighted by molar-refractivity contribution is 9.10. The van der Waals surface area contributed by atoms with Gasteiger partial charge in [-0.1, -0.05) is 13.8 Å². The van der Waals surface area contributed by atoms with E-state index in [1.165, 1.54) is 18.5 Å². The van der Waals surface area contributed by atoms with Gasteiger partial charge in [-0.3, -0.25) is 4.98 Å². The molecule has 0 amide bonds. The second-order valence-electron chi connectivity index (χ2n) is 4.27. The number of ether oxygens (including phenoxy) is 1. The van der Waals surface area contributed by atoms with Crippen LogP contribution < -0.4 is 4.72 Å². The van der Waals surface area contributed by atoms with Gasteiger partial charge in [0.05, 0.1) is 6.61 Å². The Hall–Kier alpha value is -0.500. The lowest BCUT2D eigenvalue weighted by Gasteiger charge is -2.21. The van der Waals surface area contributed by atoms with Crippen molar-refractivity contribution >= 4 is 26.0 Å². The predicted octanol–water partition coefficient (Wildman–Crippen LogP) is 1.79. The van der Waals surface area contributed by atoms with E-state index in [0.717, 1.165) is 0 Å². The van der Waals surface area contributed by atoms with Gasteiger partial charge in [0, 0.05) is 30.0 Å². The molecule has 5 nitrogen and oxygen atoms in total. The second-order valence-corrected chi connectivity index (χ2v) is 6.90. The zero-order valence-electron chi connectivity index (χ0n) is 10.6. The minimum atomic E-state index is -3.57. The molecule has 0 spiro atoms. The Kier molecular flexibility index (Phi) is 5.71. The third-order valence-corrected chi connectivity index (χ3v) is 4.34. The SMILES string of the molecule is COCC(NS(=O)(=O)c1cncc(Br)c1)C(C)C.